The molecule has 0 bridgehead atoms. The van der Waals surface area contributed by atoms with Crippen LogP contribution in [0.1, 0.15) is 29.0 Å². The maximum atomic E-state index is 11.9. The van der Waals surface area contributed by atoms with Gasteiger partial charge in [-0.3, -0.25) is 10.1 Å². The van der Waals surface area contributed by atoms with Crippen molar-refractivity contribution in [1.82, 2.24) is 10.6 Å². The maximum absolute atomic E-state index is 11.9. The minimum atomic E-state index is -0.619. The number of benzene rings is 2. The molecule has 1 aliphatic heterocycles. The Bertz CT molecular complexity index is 1010. The summed E-state index contributed by atoms with van der Waals surface area (Å²) in [5.74, 6) is 0.497. The summed E-state index contributed by atoms with van der Waals surface area (Å²) >= 11 is 3.02. The van der Waals surface area contributed by atoms with E-state index in [1.165, 1.54) is 16.9 Å². The first-order valence-corrected chi connectivity index (χ1v) is 11.0. The largest absolute Gasteiger partial charge is 0.489 e. The van der Waals surface area contributed by atoms with Gasteiger partial charge in [-0.05, 0) is 53.3 Å². The van der Waals surface area contributed by atoms with E-state index in [-0.39, 0.29) is 5.91 Å². The molecule has 2 aromatic carbocycles. The predicted molar refractivity (Wildman–Crippen MR) is 114 cm³/mol. The second-order valence-electron chi connectivity index (χ2n) is 6.58. The summed E-state index contributed by atoms with van der Waals surface area (Å²) < 4.78 is 5.88. The number of carbonyl (C=O) groups is 2. The molecule has 0 spiro atoms. The van der Waals surface area contributed by atoms with Gasteiger partial charge in [0.05, 0.1) is 4.88 Å². The van der Waals surface area contributed by atoms with E-state index in [1.807, 2.05) is 35.7 Å². The highest BCUT2D eigenvalue weighted by atomic mass is 32.2. The van der Waals surface area contributed by atoms with E-state index in [2.05, 4.69) is 41.8 Å². The van der Waals surface area contributed by atoms with Crippen molar-refractivity contribution in [3.05, 3.63) is 76.0 Å². The maximum Gasteiger partial charge on any atom is 0.322 e. The number of nitrogens with one attached hydrogen (secondary N) is 2. The lowest BCUT2D eigenvalue weighted by atomic mass is 10.1. The lowest BCUT2D eigenvalue weighted by Crippen LogP contribution is -2.22. The number of thiophene rings is 1. The molecular formula is C22H20N2O3S2. The fourth-order valence-corrected chi connectivity index (χ4v) is 5.05. The Labute approximate surface area is 177 Å². The topological polar surface area (TPSA) is 67.4 Å². The van der Waals surface area contributed by atoms with E-state index in [0.29, 0.717) is 6.61 Å². The van der Waals surface area contributed by atoms with Gasteiger partial charge in [-0.25, -0.2) is 4.79 Å². The van der Waals surface area contributed by atoms with Crippen molar-refractivity contribution in [3.8, 4) is 5.75 Å². The smallest absolute Gasteiger partial charge is 0.322 e. The number of hydrogen-bond acceptors (Lipinski definition) is 5. The molecule has 0 saturated carbocycles. The third kappa shape index (κ3) is 4.63. The van der Waals surface area contributed by atoms with Gasteiger partial charge in [0, 0.05) is 9.79 Å². The molecule has 29 heavy (non-hydrogen) atoms. The van der Waals surface area contributed by atoms with Crippen molar-refractivity contribution in [3.63, 3.8) is 0 Å². The van der Waals surface area contributed by atoms with Crippen molar-refractivity contribution in [2.75, 3.05) is 0 Å². The highest BCUT2D eigenvalue weighted by molar-refractivity contribution is 7.99. The van der Waals surface area contributed by atoms with Crippen LogP contribution >= 0.6 is 23.1 Å². The van der Waals surface area contributed by atoms with Crippen LogP contribution in [0.5, 0.6) is 5.75 Å². The number of ether oxygens (including phenoxy) is 1. The quantitative estimate of drug-likeness (QED) is 0.528. The van der Waals surface area contributed by atoms with Crippen molar-refractivity contribution >= 4 is 35.0 Å². The molecule has 3 amide bonds. The van der Waals surface area contributed by atoms with Crippen molar-refractivity contribution in [1.29, 1.82) is 0 Å². The Morgan fingerprint density at radius 2 is 1.72 bits per heavy atom. The van der Waals surface area contributed by atoms with E-state index >= 15 is 0 Å². The summed E-state index contributed by atoms with van der Waals surface area (Å²) in [4.78, 5) is 26.2. The number of amides is 3. The molecule has 0 radical (unpaired) electrons. The van der Waals surface area contributed by atoms with Crippen molar-refractivity contribution in [2.24, 2.45) is 0 Å². The van der Waals surface area contributed by atoms with Crippen LogP contribution in [0.4, 0.5) is 4.79 Å². The van der Waals surface area contributed by atoms with Gasteiger partial charge >= 0.3 is 6.03 Å². The number of hydrogen-bond donors (Lipinski definition) is 2. The summed E-state index contributed by atoms with van der Waals surface area (Å²) in [6.07, 6.45) is 1.03. The first-order chi connectivity index (χ1) is 14.1. The van der Waals surface area contributed by atoms with Gasteiger partial charge in [-0.15, -0.1) is 11.3 Å². The van der Waals surface area contributed by atoms with E-state index in [1.54, 1.807) is 11.8 Å². The second-order valence-corrected chi connectivity index (χ2v) is 8.64. The highest BCUT2D eigenvalue weighted by Gasteiger charge is 2.33. The third-order valence-corrected chi connectivity index (χ3v) is 6.78. The Kier molecular flexibility index (Phi) is 5.87. The zero-order chi connectivity index (χ0) is 20.2. The molecular weight excluding hydrogens is 404 g/mol. The molecule has 1 fully saturated rings. The van der Waals surface area contributed by atoms with Gasteiger partial charge in [-0.1, -0.05) is 43.0 Å². The fourth-order valence-electron chi connectivity index (χ4n) is 2.97. The molecule has 2 heterocycles. The molecule has 2 N–H and O–H groups in total. The molecule has 3 aromatic rings. The number of carbonyl (C=O) groups excluding carboxylic acids is 2. The third-order valence-electron chi connectivity index (χ3n) is 4.58. The Morgan fingerprint density at radius 3 is 2.38 bits per heavy atom. The average Bonchev–Trinajstić information content (AvgIpc) is 3.33. The van der Waals surface area contributed by atoms with Gasteiger partial charge in [0.2, 0.25) is 0 Å². The molecule has 0 aliphatic carbocycles. The van der Waals surface area contributed by atoms with E-state index in [4.69, 9.17) is 4.74 Å². The molecule has 1 atom stereocenters. The van der Waals surface area contributed by atoms with E-state index < -0.39 is 12.1 Å². The number of rotatable bonds is 7. The van der Waals surface area contributed by atoms with Crippen LogP contribution in [0.2, 0.25) is 0 Å². The van der Waals surface area contributed by atoms with Crippen LogP contribution in [0.15, 0.2) is 69.8 Å². The number of urea groups is 1. The predicted octanol–water partition coefficient (Wildman–Crippen LogP) is 4.92. The molecule has 5 nitrogen and oxygen atoms in total. The molecule has 7 heteroatoms. The second kappa shape index (κ2) is 8.71. The SMILES string of the molecule is CCc1ccc(COc2ccc(Sc3ccsc3C3NC(=O)NC3=O)cc2)cc1. The van der Waals surface area contributed by atoms with Crippen LogP contribution in [0, 0.1) is 0 Å². The van der Waals surface area contributed by atoms with Crippen LogP contribution in [0.25, 0.3) is 0 Å². The highest BCUT2D eigenvalue weighted by Crippen LogP contribution is 2.38. The van der Waals surface area contributed by atoms with Crippen molar-refractivity contribution < 1.29 is 14.3 Å². The Hall–Kier alpha value is -2.77. The zero-order valence-electron chi connectivity index (χ0n) is 15.8. The van der Waals surface area contributed by atoms with Gasteiger partial charge in [0.15, 0.2) is 0 Å². The van der Waals surface area contributed by atoms with Gasteiger partial charge in [0.25, 0.3) is 5.91 Å². The number of aryl methyl sites for hydroxylation is 1. The summed E-state index contributed by atoms with van der Waals surface area (Å²) in [6, 6.07) is 17.2. The first kappa shape index (κ1) is 19.5. The first-order valence-electron chi connectivity index (χ1n) is 9.29. The zero-order valence-corrected chi connectivity index (χ0v) is 17.4. The molecule has 148 valence electrons. The van der Waals surface area contributed by atoms with Crippen molar-refractivity contribution in [2.45, 2.75) is 35.8 Å². The van der Waals surface area contributed by atoms with Crippen LogP contribution in [-0.2, 0) is 17.8 Å². The molecule has 4 rings (SSSR count). The fraction of sp³-hybridized carbons (Fsp3) is 0.182. The van der Waals surface area contributed by atoms with Crippen LogP contribution < -0.4 is 15.4 Å². The Balaban J connectivity index is 1.38. The minimum Gasteiger partial charge on any atom is -0.489 e. The summed E-state index contributed by atoms with van der Waals surface area (Å²) in [5.41, 5.74) is 2.46. The van der Waals surface area contributed by atoms with Gasteiger partial charge in [0.1, 0.15) is 18.4 Å². The normalized spacial score (nSPS) is 15.8. The average molecular weight is 425 g/mol. The van der Waals surface area contributed by atoms with E-state index in [0.717, 1.165) is 32.4 Å². The lowest BCUT2D eigenvalue weighted by Gasteiger charge is -2.10. The lowest BCUT2D eigenvalue weighted by molar-refractivity contribution is -0.120. The Morgan fingerprint density at radius 1 is 1.00 bits per heavy atom. The summed E-state index contributed by atoms with van der Waals surface area (Å²) in [5, 5.41) is 6.86. The molecule has 1 aromatic heterocycles. The van der Waals surface area contributed by atoms with E-state index in [9.17, 15) is 9.59 Å². The molecule has 1 aliphatic rings. The van der Waals surface area contributed by atoms with Crippen LogP contribution in [0.3, 0.4) is 0 Å². The summed E-state index contributed by atoms with van der Waals surface area (Å²) in [6.45, 7) is 2.67. The number of imide groups is 1. The molecule has 1 saturated heterocycles. The minimum absolute atomic E-state index is 0.310. The van der Waals surface area contributed by atoms with Gasteiger partial charge in [-0.2, -0.15) is 0 Å². The van der Waals surface area contributed by atoms with Crippen LogP contribution in [-0.4, -0.2) is 11.9 Å². The monoisotopic (exact) mass is 424 g/mol. The summed E-state index contributed by atoms with van der Waals surface area (Å²) in [7, 11) is 0. The standard InChI is InChI=1S/C22H20N2O3S2/c1-2-14-3-5-15(6-4-14)13-27-16-7-9-17(10-8-16)29-18-11-12-28-20(18)19-21(25)24-22(26)23-19/h3-12,19H,2,13H2,1H3,(H2,23,24,25,26). The van der Waals surface area contributed by atoms with Gasteiger partial charge < -0.3 is 10.1 Å². The molecule has 1 unspecified atom stereocenters.